The lowest BCUT2D eigenvalue weighted by Crippen LogP contribution is -2.09. The number of carbonyl (C=O) groups excluding carboxylic acids is 1. The average Bonchev–Trinajstić information content (AvgIpc) is 2.62. The number of aryl methyl sites for hydroxylation is 1. The van der Waals surface area contributed by atoms with Gasteiger partial charge < -0.3 is 4.74 Å². The van der Waals surface area contributed by atoms with E-state index in [0.29, 0.717) is 5.56 Å². The first-order chi connectivity index (χ1) is 12.4. The first-order valence-corrected chi connectivity index (χ1v) is 8.88. The largest absolute Gasteiger partial charge is 0.423 e. The zero-order valence-corrected chi connectivity index (χ0v) is 14.8. The van der Waals surface area contributed by atoms with Crippen molar-refractivity contribution in [2.75, 3.05) is 0 Å². The minimum Gasteiger partial charge on any atom is -0.423 e. The molecule has 0 unspecified atom stereocenters. The van der Waals surface area contributed by atoms with Gasteiger partial charge in [0.25, 0.3) is 0 Å². The molecule has 0 saturated carbocycles. The Bertz CT molecular complexity index is 689. The van der Waals surface area contributed by atoms with Gasteiger partial charge in [0.1, 0.15) is 5.75 Å². The highest BCUT2D eigenvalue weighted by atomic mass is 19.4. The second-order valence-electron chi connectivity index (χ2n) is 6.27. The van der Waals surface area contributed by atoms with Crippen LogP contribution in [0.1, 0.15) is 60.5 Å². The number of benzene rings is 2. The molecule has 0 atom stereocenters. The van der Waals surface area contributed by atoms with Crippen LogP contribution < -0.4 is 4.74 Å². The molecule has 0 spiro atoms. The van der Waals surface area contributed by atoms with Gasteiger partial charge in [-0.3, -0.25) is 0 Å². The van der Waals surface area contributed by atoms with Crippen molar-refractivity contribution in [3.8, 4) is 5.75 Å². The van der Waals surface area contributed by atoms with Crippen molar-refractivity contribution in [1.82, 2.24) is 0 Å². The summed E-state index contributed by atoms with van der Waals surface area (Å²) >= 11 is 0. The third-order valence-corrected chi connectivity index (χ3v) is 4.15. The number of halogens is 3. The number of rotatable bonds is 8. The summed E-state index contributed by atoms with van der Waals surface area (Å²) in [6.07, 6.45) is 2.60. The lowest BCUT2D eigenvalue weighted by Gasteiger charge is -2.08. The Balaban J connectivity index is 1.87. The highest BCUT2D eigenvalue weighted by Gasteiger charge is 2.30. The molecular weight excluding hydrogens is 341 g/mol. The Labute approximate surface area is 152 Å². The van der Waals surface area contributed by atoms with E-state index in [2.05, 4.69) is 6.92 Å². The average molecular weight is 364 g/mol. The maximum atomic E-state index is 12.5. The lowest BCUT2D eigenvalue weighted by molar-refractivity contribution is -0.137. The number of hydrogen-bond donors (Lipinski definition) is 0. The zero-order chi connectivity index (χ0) is 19.0. The second-order valence-corrected chi connectivity index (χ2v) is 6.27. The van der Waals surface area contributed by atoms with E-state index >= 15 is 0 Å². The van der Waals surface area contributed by atoms with Crippen LogP contribution in [0.4, 0.5) is 13.2 Å². The van der Waals surface area contributed by atoms with E-state index in [1.807, 2.05) is 12.1 Å². The van der Waals surface area contributed by atoms with E-state index in [-0.39, 0.29) is 5.75 Å². The number of hydrogen-bond acceptors (Lipinski definition) is 2. The van der Waals surface area contributed by atoms with E-state index in [4.69, 9.17) is 4.74 Å². The molecule has 0 fully saturated rings. The van der Waals surface area contributed by atoms with Crippen LogP contribution in [0.5, 0.6) is 5.75 Å². The van der Waals surface area contributed by atoms with Crippen LogP contribution in [0.25, 0.3) is 0 Å². The molecule has 0 aliphatic heterocycles. The van der Waals surface area contributed by atoms with E-state index in [9.17, 15) is 18.0 Å². The Hall–Kier alpha value is -2.30. The number of alkyl halides is 3. The van der Waals surface area contributed by atoms with Crippen molar-refractivity contribution < 1.29 is 22.7 Å². The first kappa shape index (κ1) is 20.0. The van der Waals surface area contributed by atoms with Crippen LogP contribution >= 0.6 is 0 Å². The number of ether oxygens (including phenoxy) is 1. The monoisotopic (exact) mass is 364 g/mol. The van der Waals surface area contributed by atoms with Gasteiger partial charge in [0, 0.05) is 0 Å². The number of esters is 1. The topological polar surface area (TPSA) is 26.3 Å². The highest BCUT2D eigenvalue weighted by Crippen LogP contribution is 2.30. The second kappa shape index (κ2) is 9.41. The third kappa shape index (κ3) is 6.21. The smallest absolute Gasteiger partial charge is 0.416 e. The summed E-state index contributed by atoms with van der Waals surface area (Å²) < 4.78 is 42.7. The van der Waals surface area contributed by atoms with Gasteiger partial charge in [0.2, 0.25) is 0 Å². The molecule has 2 nitrogen and oxygen atoms in total. The van der Waals surface area contributed by atoms with Crippen LogP contribution in [-0.2, 0) is 12.6 Å². The standard InChI is InChI=1S/C21H23F3O2/c1-2-3-4-5-6-7-16-8-10-17(11-9-16)20(25)26-19-14-12-18(13-15-19)21(22,23)24/h8-15H,2-7H2,1H3. The molecule has 2 rings (SSSR count). The minimum atomic E-state index is -4.41. The molecule has 0 N–H and O–H groups in total. The van der Waals surface area contributed by atoms with E-state index < -0.39 is 17.7 Å². The van der Waals surface area contributed by atoms with Crippen molar-refractivity contribution in [2.45, 2.75) is 51.6 Å². The molecule has 0 heterocycles. The molecule has 2 aromatic carbocycles. The number of carbonyl (C=O) groups is 1. The summed E-state index contributed by atoms with van der Waals surface area (Å²) in [7, 11) is 0. The van der Waals surface area contributed by atoms with Gasteiger partial charge in [-0.15, -0.1) is 0 Å². The quantitative estimate of drug-likeness (QED) is 0.306. The highest BCUT2D eigenvalue weighted by molar-refractivity contribution is 5.91. The van der Waals surface area contributed by atoms with Gasteiger partial charge >= 0.3 is 12.1 Å². The van der Waals surface area contributed by atoms with Gasteiger partial charge in [0.05, 0.1) is 11.1 Å². The van der Waals surface area contributed by atoms with Crippen LogP contribution in [-0.4, -0.2) is 5.97 Å². The van der Waals surface area contributed by atoms with Gasteiger partial charge in [-0.05, 0) is 54.8 Å². The molecule has 2 aromatic rings. The molecule has 0 aliphatic rings. The third-order valence-electron chi connectivity index (χ3n) is 4.15. The summed E-state index contributed by atoms with van der Waals surface area (Å²) in [6, 6.07) is 11.2. The molecule has 0 saturated heterocycles. The van der Waals surface area contributed by atoms with Gasteiger partial charge in [-0.2, -0.15) is 13.2 Å². The Morgan fingerprint density at radius 1 is 0.885 bits per heavy atom. The van der Waals surface area contributed by atoms with Crippen LogP contribution in [0.15, 0.2) is 48.5 Å². The Morgan fingerprint density at radius 3 is 2.08 bits per heavy atom. The van der Waals surface area contributed by atoms with Gasteiger partial charge in [-0.25, -0.2) is 4.79 Å². The van der Waals surface area contributed by atoms with E-state index in [1.165, 1.54) is 25.7 Å². The molecule has 0 aliphatic carbocycles. The predicted octanol–water partition coefficient (Wildman–Crippen LogP) is 6.44. The van der Waals surface area contributed by atoms with Crippen LogP contribution in [0.2, 0.25) is 0 Å². The minimum absolute atomic E-state index is 0.0861. The molecule has 26 heavy (non-hydrogen) atoms. The predicted molar refractivity (Wildman–Crippen MR) is 95.3 cm³/mol. The summed E-state index contributed by atoms with van der Waals surface area (Å²) in [5.74, 6) is -0.498. The van der Waals surface area contributed by atoms with Crippen molar-refractivity contribution in [3.05, 3.63) is 65.2 Å². The van der Waals surface area contributed by atoms with Gasteiger partial charge in [-0.1, -0.05) is 44.7 Å². The molecule has 0 radical (unpaired) electrons. The summed E-state index contributed by atoms with van der Waals surface area (Å²) in [6.45, 7) is 2.18. The van der Waals surface area contributed by atoms with Crippen LogP contribution in [0, 0.1) is 0 Å². The maximum absolute atomic E-state index is 12.5. The van der Waals surface area contributed by atoms with Crippen molar-refractivity contribution >= 4 is 5.97 Å². The molecule has 5 heteroatoms. The van der Waals surface area contributed by atoms with Gasteiger partial charge in [0.15, 0.2) is 0 Å². The summed E-state index contributed by atoms with van der Waals surface area (Å²) in [5, 5.41) is 0. The van der Waals surface area contributed by atoms with Crippen molar-refractivity contribution in [3.63, 3.8) is 0 Å². The first-order valence-electron chi connectivity index (χ1n) is 8.88. The fourth-order valence-electron chi connectivity index (χ4n) is 2.62. The molecule has 140 valence electrons. The van der Waals surface area contributed by atoms with Crippen LogP contribution in [0.3, 0.4) is 0 Å². The summed E-state index contributed by atoms with van der Waals surface area (Å²) in [4.78, 5) is 12.1. The summed E-state index contributed by atoms with van der Waals surface area (Å²) in [5.41, 5.74) is 0.757. The molecule has 0 bridgehead atoms. The fourth-order valence-corrected chi connectivity index (χ4v) is 2.62. The normalized spacial score (nSPS) is 11.4. The number of unbranched alkanes of at least 4 members (excludes halogenated alkanes) is 4. The zero-order valence-electron chi connectivity index (χ0n) is 14.8. The Morgan fingerprint density at radius 2 is 1.50 bits per heavy atom. The fraction of sp³-hybridized carbons (Fsp3) is 0.381. The SMILES string of the molecule is CCCCCCCc1ccc(C(=O)Oc2ccc(C(F)(F)F)cc2)cc1. The van der Waals surface area contributed by atoms with Crippen molar-refractivity contribution in [2.24, 2.45) is 0 Å². The molecule has 0 aromatic heterocycles. The van der Waals surface area contributed by atoms with E-state index in [1.54, 1.807) is 12.1 Å². The van der Waals surface area contributed by atoms with E-state index in [0.717, 1.165) is 42.7 Å². The molecule has 0 amide bonds. The van der Waals surface area contributed by atoms with Crippen molar-refractivity contribution in [1.29, 1.82) is 0 Å². The maximum Gasteiger partial charge on any atom is 0.416 e. The Kier molecular flexibility index (Phi) is 7.25. The molecular formula is C21H23F3O2. The lowest BCUT2D eigenvalue weighted by atomic mass is 10.0.